The Morgan fingerprint density at radius 1 is 1.37 bits per heavy atom. The lowest BCUT2D eigenvalue weighted by atomic mass is 10.0. The zero-order valence-corrected chi connectivity index (χ0v) is 12.5. The standard InChI is InChI=1S/C16H24ClNO/c1-2-14(18)9-13-7-8-16(15(17)10-13)19-11-12-5-3-4-6-12/h7-8,10,12,14H,2-6,9,11,18H2,1H3. The molecule has 1 aromatic carbocycles. The lowest BCUT2D eigenvalue weighted by Gasteiger charge is -2.14. The normalized spacial score (nSPS) is 17.6. The predicted molar refractivity (Wildman–Crippen MR) is 80.9 cm³/mol. The zero-order valence-electron chi connectivity index (χ0n) is 11.7. The van der Waals surface area contributed by atoms with Gasteiger partial charge in [-0.25, -0.2) is 0 Å². The molecule has 0 amide bonds. The van der Waals surface area contributed by atoms with Crippen LogP contribution in [-0.2, 0) is 6.42 Å². The van der Waals surface area contributed by atoms with Gasteiger partial charge in [0.2, 0.25) is 0 Å². The highest BCUT2D eigenvalue weighted by molar-refractivity contribution is 6.32. The molecule has 0 heterocycles. The van der Waals surface area contributed by atoms with E-state index in [1.807, 2.05) is 12.1 Å². The number of halogens is 1. The molecule has 0 aromatic heterocycles. The fourth-order valence-electron chi connectivity index (χ4n) is 2.62. The lowest BCUT2D eigenvalue weighted by Crippen LogP contribution is -2.21. The fourth-order valence-corrected chi connectivity index (χ4v) is 2.88. The maximum atomic E-state index is 6.28. The molecule has 1 aromatic rings. The maximum absolute atomic E-state index is 6.28. The van der Waals surface area contributed by atoms with E-state index in [4.69, 9.17) is 22.1 Å². The molecule has 106 valence electrons. The van der Waals surface area contributed by atoms with Crippen LogP contribution in [0.1, 0.15) is 44.6 Å². The average Bonchev–Trinajstić information content (AvgIpc) is 2.91. The molecule has 2 N–H and O–H groups in total. The molecule has 1 saturated carbocycles. The Bertz CT molecular complexity index is 402. The Morgan fingerprint density at radius 3 is 2.74 bits per heavy atom. The van der Waals surface area contributed by atoms with Gasteiger partial charge in [0.25, 0.3) is 0 Å². The fraction of sp³-hybridized carbons (Fsp3) is 0.625. The van der Waals surface area contributed by atoms with Gasteiger partial charge < -0.3 is 10.5 Å². The largest absolute Gasteiger partial charge is 0.492 e. The van der Waals surface area contributed by atoms with Crippen LogP contribution < -0.4 is 10.5 Å². The maximum Gasteiger partial charge on any atom is 0.137 e. The third kappa shape index (κ3) is 4.39. The highest BCUT2D eigenvalue weighted by Crippen LogP contribution is 2.29. The molecule has 2 rings (SSSR count). The first-order chi connectivity index (χ1) is 9.19. The minimum Gasteiger partial charge on any atom is -0.492 e. The van der Waals surface area contributed by atoms with Crippen molar-refractivity contribution in [1.82, 2.24) is 0 Å². The Labute approximate surface area is 121 Å². The SMILES string of the molecule is CCC(N)Cc1ccc(OCC2CCCC2)c(Cl)c1. The molecule has 1 unspecified atom stereocenters. The summed E-state index contributed by atoms with van der Waals surface area (Å²) in [6.07, 6.45) is 7.13. The van der Waals surface area contributed by atoms with Crippen molar-refractivity contribution in [2.45, 2.75) is 51.5 Å². The smallest absolute Gasteiger partial charge is 0.137 e. The Balaban J connectivity index is 1.90. The van der Waals surface area contributed by atoms with Crippen LogP contribution in [0.2, 0.25) is 5.02 Å². The second-order valence-corrected chi connectivity index (χ2v) is 6.01. The summed E-state index contributed by atoms with van der Waals surface area (Å²) in [5, 5.41) is 0.707. The second-order valence-electron chi connectivity index (χ2n) is 5.60. The van der Waals surface area contributed by atoms with Gasteiger partial charge in [-0.3, -0.25) is 0 Å². The van der Waals surface area contributed by atoms with Crippen LogP contribution in [0.4, 0.5) is 0 Å². The van der Waals surface area contributed by atoms with E-state index in [1.54, 1.807) is 0 Å². The van der Waals surface area contributed by atoms with Gasteiger partial charge in [-0.1, -0.05) is 37.4 Å². The first-order valence-corrected chi connectivity index (χ1v) is 7.73. The van der Waals surface area contributed by atoms with Crippen LogP contribution in [0.15, 0.2) is 18.2 Å². The van der Waals surface area contributed by atoms with Gasteiger partial charge in [-0.05, 0) is 49.3 Å². The van der Waals surface area contributed by atoms with Crippen molar-refractivity contribution in [2.24, 2.45) is 11.7 Å². The van der Waals surface area contributed by atoms with Crippen molar-refractivity contribution < 1.29 is 4.74 Å². The summed E-state index contributed by atoms with van der Waals surface area (Å²) < 4.78 is 5.84. The molecule has 1 aliphatic carbocycles. The van der Waals surface area contributed by atoms with Crippen molar-refractivity contribution in [1.29, 1.82) is 0 Å². The van der Waals surface area contributed by atoms with Gasteiger partial charge in [-0.2, -0.15) is 0 Å². The van der Waals surface area contributed by atoms with Crippen LogP contribution in [0.5, 0.6) is 5.75 Å². The van der Waals surface area contributed by atoms with E-state index in [0.29, 0.717) is 10.9 Å². The van der Waals surface area contributed by atoms with Gasteiger partial charge in [0, 0.05) is 6.04 Å². The van der Waals surface area contributed by atoms with Crippen LogP contribution in [0.25, 0.3) is 0 Å². The summed E-state index contributed by atoms with van der Waals surface area (Å²) in [5.74, 6) is 1.52. The molecule has 0 radical (unpaired) electrons. The number of benzene rings is 1. The molecule has 1 atom stereocenters. The third-order valence-electron chi connectivity index (χ3n) is 3.97. The number of ether oxygens (including phenoxy) is 1. The zero-order chi connectivity index (χ0) is 13.7. The molecule has 0 saturated heterocycles. The number of hydrogen-bond donors (Lipinski definition) is 1. The molecule has 19 heavy (non-hydrogen) atoms. The molecular weight excluding hydrogens is 258 g/mol. The lowest BCUT2D eigenvalue weighted by molar-refractivity contribution is 0.252. The van der Waals surface area contributed by atoms with E-state index in [1.165, 1.54) is 31.2 Å². The van der Waals surface area contributed by atoms with Crippen molar-refractivity contribution in [3.05, 3.63) is 28.8 Å². The molecule has 1 aliphatic rings. The molecule has 0 bridgehead atoms. The van der Waals surface area contributed by atoms with Gasteiger partial charge in [0.15, 0.2) is 0 Å². The highest BCUT2D eigenvalue weighted by atomic mass is 35.5. The van der Waals surface area contributed by atoms with E-state index >= 15 is 0 Å². The number of hydrogen-bond acceptors (Lipinski definition) is 2. The van der Waals surface area contributed by atoms with Gasteiger partial charge in [0.1, 0.15) is 5.75 Å². The number of nitrogens with two attached hydrogens (primary N) is 1. The van der Waals surface area contributed by atoms with E-state index in [9.17, 15) is 0 Å². The average molecular weight is 282 g/mol. The summed E-state index contributed by atoms with van der Waals surface area (Å²) in [6.45, 7) is 2.90. The van der Waals surface area contributed by atoms with Crippen LogP contribution >= 0.6 is 11.6 Å². The van der Waals surface area contributed by atoms with Crippen molar-refractivity contribution in [3.63, 3.8) is 0 Å². The third-order valence-corrected chi connectivity index (χ3v) is 4.26. The van der Waals surface area contributed by atoms with Crippen LogP contribution in [-0.4, -0.2) is 12.6 Å². The Hall–Kier alpha value is -0.730. The van der Waals surface area contributed by atoms with E-state index < -0.39 is 0 Å². The van der Waals surface area contributed by atoms with Crippen molar-refractivity contribution in [2.75, 3.05) is 6.61 Å². The summed E-state index contributed by atoms with van der Waals surface area (Å²) in [7, 11) is 0. The Kier molecular flexibility index (Phi) is 5.53. The minimum absolute atomic E-state index is 0.210. The van der Waals surface area contributed by atoms with Crippen LogP contribution in [0.3, 0.4) is 0 Å². The van der Waals surface area contributed by atoms with Gasteiger partial charge in [-0.15, -0.1) is 0 Å². The van der Waals surface area contributed by atoms with E-state index in [-0.39, 0.29) is 6.04 Å². The first kappa shape index (κ1) is 14.7. The molecule has 1 fully saturated rings. The number of rotatable bonds is 6. The molecule has 2 nitrogen and oxygen atoms in total. The van der Waals surface area contributed by atoms with Crippen LogP contribution in [0, 0.1) is 5.92 Å². The second kappa shape index (κ2) is 7.16. The van der Waals surface area contributed by atoms with E-state index in [0.717, 1.165) is 25.2 Å². The monoisotopic (exact) mass is 281 g/mol. The Morgan fingerprint density at radius 2 is 2.11 bits per heavy atom. The van der Waals surface area contributed by atoms with Crippen molar-refractivity contribution >= 4 is 11.6 Å². The topological polar surface area (TPSA) is 35.2 Å². The van der Waals surface area contributed by atoms with Gasteiger partial charge in [0.05, 0.1) is 11.6 Å². The first-order valence-electron chi connectivity index (χ1n) is 7.36. The van der Waals surface area contributed by atoms with E-state index in [2.05, 4.69) is 13.0 Å². The molecular formula is C16H24ClNO. The molecule has 0 aliphatic heterocycles. The minimum atomic E-state index is 0.210. The van der Waals surface area contributed by atoms with Gasteiger partial charge >= 0.3 is 0 Å². The summed E-state index contributed by atoms with van der Waals surface area (Å²) in [4.78, 5) is 0. The summed E-state index contributed by atoms with van der Waals surface area (Å²) >= 11 is 6.28. The molecule has 0 spiro atoms. The quantitative estimate of drug-likeness (QED) is 0.849. The summed E-state index contributed by atoms with van der Waals surface area (Å²) in [6, 6.07) is 6.25. The predicted octanol–water partition coefficient (Wildman–Crippen LogP) is 4.19. The van der Waals surface area contributed by atoms with Crippen molar-refractivity contribution in [3.8, 4) is 5.75 Å². The highest BCUT2D eigenvalue weighted by Gasteiger charge is 2.16. The molecule has 3 heteroatoms. The summed E-state index contributed by atoms with van der Waals surface area (Å²) in [5.41, 5.74) is 7.15.